The second-order valence-electron chi connectivity index (χ2n) is 11.5. The van der Waals surface area contributed by atoms with E-state index in [4.69, 9.17) is 14.2 Å². The molecule has 13 heteroatoms. The molecular weight excluding hydrogens is 530 g/mol. The van der Waals surface area contributed by atoms with Crippen LogP contribution in [-0.4, -0.2) is 76.3 Å². The van der Waals surface area contributed by atoms with Crippen molar-refractivity contribution in [1.29, 1.82) is 0 Å². The highest BCUT2D eigenvalue weighted by Gasteiger charge is 2.34. The van der Waals surface area contributed by atoms with Crippen molar-refractivity contribution >= 4 is 35.0 Å². The second-order valence-corrected chi connectivity index (χ2v) is 11.5. The summed E-state index contributed by atoms with van der Waals surface area (Å²) >= 11 is 0. The lowest BCUT2D eigenvalue weighted by molar-refractivity contribution is 0.00522. The van der Waals surface area contributed by atoms with Gasteiger partial charge in [-0.1, -0.05) is 0 Å². The van der Waals surface area contributed by atoms with Gasteiger partial charge in [-0.15, -0.1) is 0 Å². The summed E-state index contributed by atoms with van der Waals surface area (Å²) in [6.07, 6.45) is 5.84. The van der Waals surface area contributed by atoms with E-state index < -0.39 is 11.7 Å². The Balaban J connectivity index is 1.51. The van der Waals surface area contributed by atoms with Gasteiger partial charge in [-0.05, 0) is 58.6 Å². The zero-order chi connectivity index (χ0) is 29.5. The molecule has 1 unspecified atom stereocenters. The highest BCUT2D eigenvalue weighted by molar-refractivity contribution is 6.00. The van der Waals surface area contributed by atoms with Gasteiger partial charge in [-0.3, -0.25) is 14.5 Å². The summed E-state index contributed by atoms with van der Waals surface area (Å²) in [4.78, 5) is 45.6. The molecule has 3 heterocycles. The van der Waals surface area contributed by atoms with Crippen LogP contribution >= 0.6 is 0 Å². The summed E-state index contributed by atoms with van der Waals surface area (Å²) < 4.78 is 19.4. The van der Waals surface area contributed by atoms with Crippen molar-refractivity contribution < 1.29 is 23.8 Å². The van der Waals surface area contributed by atoms with Crippen molar-refractivity contribution in [3.8, 4) is 0 Å². The SMILES string of the molecule is CO[C@H]1CCC1NC(=O)c1cnn2c(N(C)C(=O)OC(C)(C)C)cc(Nc3cccn([C@H]4C[C@H](OC)C4)c3=O)nc12. The summed E-state index contributed by atoms with van der Waals surface area (Å²) in [5.41, 5.74) is -0.201. The lowest BCUT2D eigenvalue weighted by Crippen LogP contribution is -2.51. The van der Waals surface area contributed by atoms with E-state index in [1.807, 2.05) is 0 Å². The number of anilines is 3. The van der Waals surface area contributed by atoms with Crippen molar-refractivity contribution in [1.82, 2.24) is 24.5 Å². The molecule has 5 rings (SSSR count). The van der Waals surface area contributed by atoms with E-state index >= 15 is 0 Å². The molecule has 2 aliphatic carbocycles. The molecule has 0 bridgehead atoms. The summed E-state index contributed by atoms with van der Waals surface area (Å²) in [6.45, 7) is 5.32. The number of nitrogens with one attached hydrogen (secondary N) is 2. The predicted molar refractivity (Wildman–Crippen MR) is 152 cm³/mol. The molecule has 0 saturated heterocycles. The molecular formula is C28H37N7O6. The monoisotopic (exact) mass is 567 g/mol. The number of aromatic nitrogens is 4. The quantitative estimate of drug-likeness (QED) is 0.419. The minimum Gasteiger partial charge on any atom is -0.443 e. The number of carbonyl (C=O) groups excluding carboxylic acids is 2. The molecule has 0 aliphatic heterocycles. The molecule has 3 aromatic rings. The van der Waals surface area contributed by atoms with E-state index in [9.17, 15) is 14.4 Å². The van der Waals surface area contributed by atoms with Gasteiger partial charge in [0.1, 0.15) is 28.5 Å². The molecule has 2 fully saturated rings. The van der Waals surface area contributed by atoms with Crippen LogP contribution in [-0.2, 0) is 14.2 Å². The van der Waals surface area contributed by atoms with E-state index in [1.54, 1.807) is 71.0 Å². The van der Waals surface area contributed by atoms with Crippen LogP contribution < -0.4 is 21.1 Å². The van der Waals surface area contributed by atoms with E-state index in [-0.39, 0.29) is 52.8 Å². The third-order valence-electron chi connectivity index (χ3n) is 7.57. The first kappa shape index (κ1) is 28.6. The Morgan fingerprint density at radius 3 is 2.54 bits per heavy atom. The fraction of sp³-hybridized carbons (Fsp3) is 0.536. The van der Waals surface area contributed by atoms with Crippen LogP contribution in [0.2, 0.25) is 0 Å². The van der Waals surface area contributed by atoms with Gasteiger partial charge in [-0.2, -0.15) is 9.61 Å². The highest BCUT2D eigenvalue weighted by Crippen LogP contribution is 2.33. The van der Waals surface area contributed by atoms with Gasteiger partial charge in [-0.25, -0.2) is 9.78 Å². The average Bonchev–Trinajstić information content (AvgIpc) is 3.30. The fourth-order valence-corrected chi connectivity index (χ4v) is 4.99. The van der Waals surface area contributed by atoms with Crippen LogP contribution in [0, 0.1) is 0 Å². The summed E-state index contributed by atoms with van der Waals surface area (Å²) in [5.74, 6) is 0.193. The summed E-state index contributed by atoms with van der Waals surface area (Å²) in [7, 11) is 4.83. The van der Waals surface area contributed by atoms with Crippen molar-refractivity contribution in [3.05, 3.63) is 46.5 Å². The van der Waals surface area contributed by atoms with Crippen LogP contribution in [0.3, 0.4) is 0 Å². The summed E-state index contributed by atoms with van der Waals surface area (Å²) in [6, 6.07) is 4.98. The minimum absolute atomic E-state index is 0.0464. The molecule has 0 spiro atoms. The topological polar surface area (TPSA) is 141 Å². The van der Waals surface area contributed by atoms with E-state index in [1.165, 1.54) is 15.6 Å². The maximum Gasteiger partial charge on any atom is 0.415 e. The Labute approximate surface area is 237 Å². The van der Waals surface area contributed by atoms with Crippen LogP contribution in [0.1, 0.15) is 62.9 Å². The minimum atomic E-state index is -0.729. The molecule has 2 saturated carbocycles. The van der Waals surface area contributed by atoms with E-state index in [0.29, 0.717) is 11.5 Å². The summed E-state index contributed by atoms with van der Waals surface area (Å²) in [5, 5.41) is 10.5. The number of hydrogen-bond donors (Lipinski definition) is 2. The molecule has 2 aliphatic rings. The van der Waals surface area contributed by atoms with Crippen molar-refractivity contribution in [2.24, 2.45) is 0 Å². The van der Waals surface area contributed by atoms with Gasteiger partial charge in [0.15, 0.2) is 5.65 Å². The number of amides is 2. The third kappa shape index (κ3) is 5.77. The lowest BCUT2D eigenvalue weighted by atomic mass is 9.89. The smallest absolute Gasteiger partial charge is 0.415 e. The predicted octanol–water partition coefficient (Wildman–Crippen LogP) is 3.26. The van der Waals surface area contributed by atoms with Crippen molar-refractivity contribution in [2.45, 2.75) is 76.3 Å². The molecule has 0 radical (unpaired) electrons. The Bertz CT molecular complexity index is 1500. The molecule has 2 atom stereocenters. The molecule has 13 nitrogen and oxygen atoms in total. The van der Waals surface area contributed by atoms with Gasteiger partial charge in [0.05, 0.1) is 24.4 Å². The first-order chi connectivity index (χ1) is 19.5. The molecule has 220 valence electrons. The zero-order valence-electron chi connectivity index (χ0n) is 24.2. The molecule has 41 heavy (non-hydrogen) atoms. The number of ether oxygens (including phenoxy) is 3. The van der Waals surface area contributed by atoms with Crippen LogP contribution in [0.25, 0.3) is 5.65 Å². The number of pyridine rings is 1. The Morgan fingerprint density at radius 1 is 1.15 bits per heavy atom. The number of carbonyl (C=O) groups is 2. The highest BCUT2D eigenvalue weighted by atomic mass is 16.6. The van der Waals surface area contributed by atoms with Crippen LogP contribution in [0.5, 0.6) is 0 Å². The first-order valence-electron chi connectivity index (χ1n) is 13.7. The normalized spacial score (nSPS) is 22.0. The Hall–Kier alpha value is -3.97. The number of rotatable bonds is 8. The first-order valence-corrected chi connectivity index (χ1v) is 13.7. The fourth-order valence-electron chi connectivity index (χ4n) is 4.99. The van der Waals surface area contributed by atoms with Gasteiger partial charge in [0.2, 0.25) is 0 Å². The van der Waals surface area contributed by atoms with Gasteiger partial charge in [0, 0.05) is 39.6 Å². The second kappa shape index (κ2) is 11.1. The molecule has 2 N–H and O–H groups in total. The largest absolute Gasteiger partial charge is 0.443 e. The Kier molecular flexibility index (Phi) is 7.75. The Morgan fingerprint density at radius 2 is 1.90 bits per heavy atom. The standard InChI is InChI=1S/C28H37N7O6/c1-28(2,3)41-27(38)33(4)23-14-22(30-20-8-7-11-34(26(20)37)16-12-17(13-16)39-5)32-24-18(15-29-35(23)24)25(36)31-19-9-10-21(19)40-6/h7-8,11,14-17,19,21H,9-10,12-13H2,1-6H3,(H,30,32)(H,31,36)/t16-,17-,19?,21-/m0/s1. The number of nitrogens with zero attached hydrogens (tertiary/aromatic N) is 5. The number of methoxy groups -OCH3 is 2. The van der Waals surface area contributed by atoms with E-state index in [0.717, 1.165) is 25.7 Å². The van der Waals surface area contributed by atoms with Crippen molar-refractivity contribution in [2.75, 3.05) is 31.5 Å². The average molecular weight is 568 g/mol. The van der Waals surface area contributed by atoms with Gasteiger partial charge >= 0.3 is 6.09 Å². The maximum atomic E-state index is 13.3. The van der Waals surface area contributed by atoms with E-state index in [2.05, 4.69) is 20.7 Å². The van der Waals surface area contributed by atoms with Crippen LogP contribution in [0.15, 0.2) is 35.4 Å². The maximum absolute atomic E-state index is 13.3. The van der Waals surface area contributed by atoms with Crippen molar-refractivity contribution in [3.63, 3.8) is 0 Å². The van der Waals surface area contributed by atoms with Gasteiger partial charge < -0.3 is 29.4 Å². The van der Waals surface area contributed by atoms with Gasteiger partial charge in [0.25, 0.3) is 11.5 Å². The molecule has 3 aromatic heterocycles. The third-order valence-corrected chi connectivity index (χ3v) is 7.57. The zero-order valence-corrected chi connectivity index (χ0v) is 24.2. The lowest BCUT2D eigenvalue weighted by Gasteiger charge is -2.35. The number of fused-ring (bicyclic) bond motifs is 1. The molecule has 2 amide bonds. The number of hydrogen-bond acceptors (Lipinski definition) is 9. The van der Waals surface area contributed by atoms with Crippen LogP contribution in [0.4, 0.5) is 22.1 Å². The molecule has 0 aromatic carbocycles.